The molecule has 0 heterocycles. The third kappa shape index (κ3) is 4.70. The number of rotatable bonds is 7. The summed E-state index contributed by atoms with van der Waals surface area (Å²) < 4.78 is 25.2. The highest BCUT2D eigenvalue weighted by Gasteiger charge is 2.29. The highest BCUT2D eigenvalue weighted by molar-refractivity contribution is 7.91. The largest absolute Gasteiger partial charge is 0.313 e. The first-order valence-electron chi connectivity index (χ1n) is 7.74. The monoisotopic (exact) mass is 329 g/mol. The van der Waals surface area contributed by atoms with Crippen molar-refractivity contribution < 1.29 is 8.42 Å². The maximum atomic E-state index is 12.6. The summed E-state index contributed by atoms with van der Waals surface area (Å²) in [5.74, 6) is 0.642. The fourth-order valence-corrected chi connectivity index (χ4v) is 4.95. The summed E-state index contributed by atoms with van der Waals surface area (Å²) in [7, 11) is -3.30. The van der Waals surface area contributed by atoms with Crippen LogP contribution in [0.4, 0.5) is 0 Å². The minimum absolute atomic E-state index is 0.0523. The fourth-order valence-electron chi connectivity index (χ4n) is 3.04. The van der Waals surface area contributed by atoms with E-state index in [1.54, 1.807) is 24.3 Å². The number of benzene rings is 1. The van der Waals surface area contributed by atoms with Crippen LogP contribution in [-0.2, 0) is 9.84 Å². The summed E-state index contributed by atoms with van der Waals surface area (Å²) in [6.45, 7) is 2.97. The van der Waals surface area contributed by atoms with Crippen LogP contribution in [0, 0.1) is 5.92 Å². The van der Waals surface area contributed by atoms with Gasteiger partial charge in [-0.25, -0.2) is 8.42 Å². The van der Waals surface area contributed by atoms with Crippen molar-refractivity contribution in [3.8, 4) is 0 Å². The number of nitrogens with one attached hydrogen (secondary N) is 1. The maximum Gasteiger partial charge on any atom is 0.179 e. The molecule has 1 saturated carbocycles. The van der Waals surface area contributed by atoms with Crippen LogP contribution in [0.5, 0.6) is 0 Å². The lowest BCUT2D eigenvalue weighted by atomic mass is 10.00. The molecule has 0 amide bonds. The lowest BCUT2D eigenvalue weighted by Crippen LogP contribution is -2.41. The third-order valence-corrected chi connectivity index (χ3v) is 6.18. The first-order chi connectivity index (χ1) is 10.0. The molecule has 2 rings (SSSR count). The van der Waals surface area contributed by atoms with E-state index in [-0.39, 0.29) is 11.8 Å². The minimum Gasteiger partial charge on any atom is -0.313 e. The first-order valence-corrected chi connectivity index (χ1v) is 9.77. The lowest BCUT2D eigenvalue weighted by Gasteiger charge is -2.24. The molecule has 0 bridgehead atoms. The summed E-state index contributed by atoms with van der Waals surface area (Å²) in [5.41, 5.74) is 0. The maximum absolute atomic E-state index is 12.6. The van der Waals surface area contributed by atoms with E-state index in [0.717, 1.165) is 25.8 Å². The summed E-state index contributed by atoms with van der Waals surface area (Å²) in [5, 5.41) is 3.91. The molecule has 5 heteroatoms. The van der Waals surface area contributed by atoms with Crippen LogP contribution < -0.4 is 5.32 Å². The molecule has 1 aromatic rings. The van der Waals surface area contributed by atoms with Crippen molar-refractivity contribution in [3.05, 3.63) is 29.3 Å². The van der Waals surface area contributed by atoms with E-state index in [9.17, 15) is 8.42 Å². The molecule has 0 spiro atoms. The molecule has 118 valence electrons. The number of sulfone groups is 1. The van der Waals surface area contributed by atoms with Gasteiger partial charge in [-0.05, 0) is 49.9 Å². The molecular weight excluding hydrogens is 306 g/mol. The van der Waals surface area contributed by atoms with Crippen LogP contribution in [0.1, 0.15) is 39.0 Å². The molecule has 1 atom stereocenters. The summed E-state index contributed by atoms with van der Waals surface area (Å²) in [6, 6.07) is 6.62. The Morgan fingerprint density at radius 2 is 2.05 bits per heavy atom. The molecule has 1 unspecified atom stereocenters. The SMILES string of the molecule is CCCNC(CS(=O)(=O)c1cccc(Cl)c1)C1CCCC1. The van der Waals surface area contributed by atoms with Crippen LogP contribution in [0.2, 0.25) is 5.02 Å². The van der Waals surface area contributed by atoms with Gasteiger partial charge in [0.15, 0.2) is 9.84 Å². The minimum atomic E-state index is -3.30. The van der Waals surface area contributed by atoms with Gasteiger partial charge in [-0.2, -0.15) is 0 Å². The van der Waals surface area contributed by atoms with Crippen LogP contribution in [0.3, 0.4) is 0 Å². The second kappa shape index (κ2) is 7.61. The Labute approximate surface area is 133 Å². The van der Waals surface area contributed by atoms with Gasteiger partial charge in [0, 0.05) is 11.1 Å². The van der Waals surface area contributed by atoms with Crippen molar-refractivity contribution >= 4 is 21.4 Å². The van der Waals surface area contributed by atoms with Gasteiger partial charge in [0.1, 0.15) is 0 Å². The van der Waals surface area contributed by atoms with Crippen molar-refractivity contribution in [3.63, 3.8) is 0 Å². The quantitative estimate of drug-likeness (QED) is 0.830. The zero-order valence-electron chi connectivity index (χ0n) is 12.5. The number of hydrogen-bond donors (Lipinski definition) is 1. The van der Waals surface area contributed by atoms with E-state index in [1.807, 2.05) is 0 Å². The predicted molar refractivity (Wildman–Crippen MR) is 87.5 cm³/mol. The van der Waals surface area contributed by atoms with Crippen molar-refractivity contribution in [2.45, 2.75) is 50.0 Å². The summed E-state index contributed by atoms with van der Waals surface area (Å²) in [4.78, 5) is 0.330. The second-order valence-electron chi connectivity index (χ2n) is 5.84. The van der Waals surface area contributed by atoms with Crippen molar-refractivity contribution in [2.24, 2.45) is 5.92 Å². The van der Waals surface area contributed by atoms with E-state index >= 15 is 0 Å². The summed E-state index contributed by atoms with van der Waals surface area (Å²) in [6.07, 6.45) is 5.71. The molecule has 3 nitrogen and oxygen atoms in total. The average molecular weight is 330 g/mol. The molecule has 0 radical (unpaired) electrons. The topological polar surface area (TPSA) is 46.2 Å². The van der Waals surface area contributed by atoms with Gasteiger partial charge in [0.25, 0.3) is 0 Å². The molecule has 1 N–H and O–H groups in total. The molecule has 21 heavy (non-hydrogen) atoms. The summed E-state index contributed by atoms with van der Waals surface area (Å²) >= 11 is 5.92. The smallest absolute Gasteiger partial charge is 0.179 e. The lowest BCUT2D eigenvalue weighted by molar-refractivity contribution is 0.382. The third-order valence-electron chi connectivity index (χ3n) is 4.18. The van der Waals surface area contributed by atoms with Crippen molar-refractivity contribution in [1.29, 1.82) is 0 Å². The number of hydrogen-bond acceptors (Lipinski definition) is 3. The van der Waals surface area contributed by atoms with Crippen molar-refractivity contribution in [1.82, 2.24) is 5.32 Å². The van der Waals surface area contributed by atoms with E-state index in [0.29, 0.717) is 15.8 Å². The zero-order valence-corrected chi connectivity index (χ0v) is 14.1. The second-order valence-corrected chi connectivity index (χ2v) is 8.31. The predicted octanol–water partition coefficient (Wildman–Crippen LogP) is 3.67. The molecular formula is C16H24ClNO2S. The first kappa shape index (κ1) is 16.8. The van der Waals surface area contributed by atoms with Gasteiger partial charge in [-0.15, -0.1) is 0 Å². The van der Waals surface area contributed by atoms with Gasteiger partial charge < -0.3 is 5.32 Å². The normalized spacial score (nSPS) is 18.0. The Balaban J connectivity index is 2.13. The van der Waals surface area contributed by atoms with Crippen LogP contribution in [-0.4, -0.2) is 26.8 Å². The Bertz CT molecular complexity index is 553. The van der Waals surface area contributed by atoms with Gasteiger partial charge in [0.05, 0.1) is 10.6 Å². The Kier molecular flexibility index (Phi) is 6.08. The zero-order chi connectivity index (χ0) is 15.3. The van der Waals surface area contributed by atoms with Gasteiger partial charge in [0.2, 0.25) is 0 Å². The molecule has 1 fully saturated rings. The van der Waals surface area contributed by atoms with Gasteiger partial charge in [-0.3, -0.25) is 0 Å². The van der Waals surface area contributed by atoms with E-state index in [2.05, 4.69) is 12.2 Å². The van der Waals surface area contributed by atoms with Crippen molar-refractivity contribution in [2.75, 3.05) is 12.3 Å². The molecule has 1 aromatic carbocycles. The van der Waals surface area contributed by atoms with Crippen LogP contribution >= 0.6 is 11.6 Å². The fraction of sp³-hybridized carbons (Fsp3) is 0.625. The van der Waals surface area contributed by atoms with E-state index in [1.165, 1.54) is 12.8 Å². The van der Waals surface area contributed by atoms with Gasteiger partial charge in [-0.1, -0.05) is 37.4 Å². The molecule has 0 aromatic heterocycles. The van der Waals surface area contributed by atoms with E-state index < -0.39 is 9.84 Å². The molecule has 1 aliphatic carbocycles. The standard InChI is InChI=1S/C16H24ClNO2S/c1-2-10-18-16(13-6-3-4-7-13)12-21(19,20)15-9-5-8-14(17)11-15/h5,8-9,11,13,16,18H,2-4,6-7,10,12H2,1H3. The molecule has 0 saturated heterocycles. The molecule has 1 aliphatic rings. The van der Waals surface area contributed by atoms with Gasteiger partial charge >= 0.3 is 0 Å². The van der Waals surface area contributed by atoms with Crippen LogP contribution in [0.15, 0.2) is 29.2 Å². The molecule has 0 aliphatic heterocycles. The Morgan fingerprint density at radius 3 is 2.67 bits per heavy atom. The number of halogens is 1. The highest BCUT2D eigenvalue weighted by atomic mass is 35.5. The average Bonchev–Trinajstić information content (AvgIpc) is 2.97. The Hall–Kier alpha value is -0.580. The highest BCUT2D eigenvalue weighted by Crippen LogP contribution is 2.29. The Morgan fingerprint density at radius 1 is 1.33 bits per heavy atom. The van der Waals surface area contributed by atoms with E-state index in [4.69, 9.17) is 11.6 Å². The van der Waals surface area contributed by atoms with Crippen LogP contribution in [0.25, 0.3) is 0 Å².